The number of aromatic nitrogens is 1. The highest BCUT2D eigenvalue weighted by atomic mass is 32.2. The van der Waals surface area contributed by atoms with Gasteiger partial charge in [-0.3, -0.25) is 0 Å². The van der Waals surface area contributed by atoms with Gasteiger partial charge in [-0.15, -0.1) is 0 Å². The largest absolute Gasteiger partial charge is 0.744 e. The Hall–Kier alpha value is -3.48. The normalized spacial score (nSPS) is 13.9. The van der Waals surface area contributed by atoms with E-state index in [1.807, 2.05) is 30.3 Å². The molecule has 0 radical (unpaired) electrons. The van der Waals surface area contributed by atoms with Crippen molar-refractivity contribution in [3.8, 4) is 39.4 Å². The molecule has 1 heterocycles. The number of nitrogens with zero attached hydrogens (tertiary/aromatic N) is 1. The first-order chi connectivity index (χ1) is 16.5. The van der Waals surface area contributed by atoms with E-state index in [4.69, 9.17) is 9.72 Å². The molecule has 0 amide bonds. The summed E-state index contributed by atoms with van der Waals surface area (Å²) >= 11 is 0. The number of aryl methyl sites for hydroxylation is 2. The molecule has 6 heteroatoms. The third-order valence-corrected chi connectivity index (χ3v) is 7.81. The van der Waals surface area contributed by atoms with Crippen LogP contribution >= 0.6 is 0 Å². The first-order valence-electron chi connectivity index (χ1n) is 11.3. The molecule has 0 atom stereocenters. The van der Waals surface area contributed by atoms with Crippen LogP contribution in [0.4, 0.5) is 0 Å². The van der Waals surface area contributed by atoms with Crippen LogP contribution in [-0.4, -0.2) is 25.1 Å². The van der Waals surface area contributed by atoms with Crippen LogP contribution in [0.5, 0.6) is 5.75 Å². The van der Waals surface area contributed by atoms with Crippen molar-refractivity contribution < 1.29 is 17.7 Å². The van der Waals surface area contributed by atoms with Gasteiger partial charge in [0.2, 0.25) is 0 Å². The number of rotatable bonds is 3. The van der Waals surface area contributed by atoms with E-state index in [-0.39, 0.29) is 10.6 Å². The van der Waals surface area contributed by atoms with E-state index in [2.05, 4.69) is 24.3 Å². The smallest absolute Gasteiger partial charge is 0.136 e. The summed E-state index contributed by atoms with van der Waals surface area (Å²) in [4.78, 5) is 4.89. The average molecular weight is 469 g/mol. The molecule has 5 nitrogen and oxygen atoms in total. The van der Waals surface area contributed by atoms with E-state index in [0.717, 1.165) is 64.9 Å². The number of hydrogen-bond donors (Lipinski definition) is 0. The summed E-state index contributed by atoms with van der Waals surface area (Å²) in [5.41, 5.74) is 10.5. The molecule has 0 N–H and O–H groups in total. The van der Waals surface area contributed by atoms with E-state index in [1.165, 1.54) is 24.3 Å². The van der Waals surface area contributed by atoms with Crippen molar-refractivity contribution >= 4 is 10.1 Å². The lowest BCUT2D eigenvalue weighted by Gasteiger charge is -2.29. The lowest BCUT2D eigenvalue weighted by Crippen LogP contribution is -2.15. The van der Waals surface area contributed by atoms with Gasteiger partial charge in [0.05, 0.1) is 23.4 Å². The first kappa shape index (κ1) is 21.1. The molecular weight excluding hydrogens is 446 g/mol. The molecule has 34 heavy (non-hydrogen) atoms. The van der Waals surface area contributed by atoms with E-state index >= 15 is 0 Å². The number of hydrogen-bond acceptors (Lipinski definition) is 5. The zero-order valence-electron chi connectivity index (χ0n) is 18.7. The number of pyridine rings is 1. The van der Waals surface area contributed by atoms with Crippen LogP contribution < -0.4 is 4.74 Å². The molecule has 0 saturated carbocycles. The van der Waals surface area contributed by atoms with Crippen LogP contribution in [0.3, 0.4) is 0 Å². The fraction of sp³-hybridized carbons (Fsp3) is 0.179. The Bertz CT molecular complexity index is 1500. The molecule has 0 spiro atoms. The summed E-state index contributed by atoms with van der Waals surface area (Å²) in [5, 5.41) is 0. The third kappa shape index (κ3) is 3.25. The summed E-state index contributed by atoms with van der Waals surface area (Å²) < 4.78 is 41.3. The highest BCUT2D eigenvalue weighted by Crippen LogP contribution is 2.46. The SMILES string of the molecule is COc1ccc(-c2c3c(nc4c2CCc2ccccc2-4)-c2ccccc2CC3)cc1S(=O)(=O)[O-]. The molecule has 0 fully saturated rings. The van der Waals surface area contributed by atoms with Crippen molar-refractivity contribution in [2.24, 2.45) is 0 Å². The average Bonchev–Trinajstić information content (AvgIpc) is 2.86. The van der Waals surface area contributed by atoms with Gasteiger partial charge in [-0.2, -0.15) is 0 Å². The maximum absolute atomic E-state index is 12.1. The number of ether oxygens (including phenoxy) is 1. The highest BCUT2D eigenvalue weighted by Gasteiger charge is 2.29. The minimum Gasteiger partial charge on any atom is -0.744 e. The monoisotopic (exact) mass is 468 g/mol. The van der Waals surface area contributed by atoms with Crippen LogP contribution in [0.15, 0.2) is 71.6 Å². The van der Waals surface area contributed by atoms with E-state index in [9.17, 15) is 13.0 Å². The molecule has 4 aromatic rings. The van der Waals surface area contributed by atoms with Crippen LogP contribution in [0.1, 0.15) is 22.3 Å². The molecule has 3 aromatic carbocycles. The molecule has 0 unspecified atom stereocenters. The van der Waals surface area contributed by atoms with Gasteiger partial charge in [0, 0.05) is 11.1 Å². The second-order valence-corrected chi connectivity index (χ2v) is 10.1. The predicted molar refractivity (Wildman–Crippen MR) is 130 cm³/mol. The number of fused-ring (bicyclic) bond motifs is 6. The summed E-state index contributed by atoms with van der Waals surface area (Å²) in [7, 11) is -3.34. The molecule has 1 aromatic heterocycles. The van der Waals surface area contributed by atoms with Gasteiger partial charge in [0.1, 0.15) is 15.9 Å². The molecule has 170 valence electrons. The fourth-order valence-corrected chi connectivity index (χ4v) is 6.10. The Kier molecular flexibility index (Phi) is 4.83. The Morgan fingerprint density at radius 1 is 0.794 bits per heavy atom. The summed E-state index contributed by atoms with van der Waals surface area (Å²) in [6.45, 7) is 0. The van der Waals surface area contributed by atoms with Gasteiger partial charge in [-0.1, -0.05) is 54.6 Å². The highest BCUT2D eigenvalue weighted by molar-refractivity contribution is 7.85. The molecule has 0 saturated heterocycles. The van der Waals surface area contributed by atoms with Gasteiger partial charge >= 0.3 is 0 Å². The Labute approximate surface area is 198 Å². The van der Waals surface area contributed by atoms with Gasteiger partial charge in [0.15, 0.2) is 0 Å². The van der Waals surface area contributed by atoms with Crippen LogP contribution in [0.25, 0.3) is 33.6 Å². The molecule has 0 bridgehead atoms. The van der Waals surface area contributed by atoms with Crippen molar-refractivity contribution in [1.82, 2.24) is 4.98 Å². The lowest BCUT2D eigenvalue weighted by atomic mass is 9.78. The molecule has 6 rings (SSSR count). The summed E-state index contributed by atoms with van der Waals surface area (Å²) in [5.74, 6) is 0.0613. The Balaban J connectivity index is 1.71. The molecule has 2 aliphatic rings. The van der Waals surface area contributed by atoms with Crippen molar-refractivity contribution in [1.29, 1.82) is 0 Å². The lowest BCUT2D eigenvalue weighted by molar-refractivity contribution is 0.395. The maximum atomic E-state index is 12.1. The fourth-order valence-electron chi connectivity index (χ4n) is 5.43. The van der Waals surface area contributed by atoms with Crippen molar-refractivity contribution in [2.75, 3.05) is 7.11 Å². The zero-order chi connectivity index (χ0) is 23.4. The van der Waals surface area contributed by atoms with E-state index in [1.54, 1.807) is 6.07 Å². The number of methoxy groups -OCH3 is 1. The van der Waals surface area contributed by atoms with Crippen molar-refractivity contribution in [3.05, 3.63) is 89.0 Å². The Morgan fingerprint density at radius 3 is 1.88 bits per heavy atom. The molecule has 2 aliphatic carbocycles. The van der Waals surface area contributed by atoms with E-state index < -0.39 is 10.1 Å². The van der Waals surface area contributed by atoms with Crippen LogP contribution in [0, 0.1) is 0 Å². The second-order valence-electron chi connectivity index (χ2n) is 8.78. The van der Waals surface area contributed by atoms with Crippen molar-refractivity contribution in [3.63, 3.8) is 0 Å². The van der Waals surface area contributed by atoms with Crippen molar-refractivity contribution in [2.45, 2.75) is 30.6 Å². The minimum atomic E-state index is -4.71. The third-order valence-electron chi connectivity index (χ3n) is 6.95. The Morgan fingerprint density at radius 2 is 1.35 bits per heavy atom. The van der Waals surface area contributed by atoms with E-state index in [0.29, 0.717) is 5.56 Å². The summed E-state index contributed by atoms with van der Waals surface area (Å²) in [6.07, 6.45) is 3.37. The zero-order valence-corrected chi connectivity index (χ0v) is 19.5. The van der Waals surface area contributed by atoms with Gasteiger partial charge < -0.3 is 9.29 Å². The van der Waals surface area contributed by atoms with Crippen LogP contribution in [0.2, 0.25) is 0 Å². The topological polar surface area (TPSA) is 79.3 Å². The van der Waals surface area contributed by atoms with Gasteiger partial charge in [-0.25, -0.2) is 13.4 Å². The predicted octanol–water partition coefficient (Wildman–Crippen LogP) is 5.19. The maximum Gasteiger partial charge on any atom is 0.136 e. The molecular formula is C28H22NO4S-. The quantitative estimate of drug-likeness (QED) is 0.387. The minimum absolute atomic E-state index is 0.0613. The first-order valence-corrected chi connectivity index (χ1v) is 12.7. The van der Waals surface area contributed by atoms with Gasteiger partial charge in [-0.05, 0) is 71.2 Å². The standard InChI is InChI=1S/C28H23NO4S/c1-33-24-15-12-19(16-25(24)34(30,31)32)26-22-13-10-17-6-2-4-8-20(17)27(22)29-28-21-9-5-3-7-18(21)11-14-23(26)28/h2-9,12,15-16H,10-11,13-14H2,1H3,(H,30,31,32)/p-1. The van der Waals surface area contributed by atoms with Gasteiger partial charge in [0.25, 0.3) is 0 Å². The van der Waals surface area contributed by atoms with Crippen LogP contribution in [-0.2, 0) is 35.8 Å². The summed E-state index contributed by atoms with van der Waals surface area (Å²) in [6, 6.07) is 21.5. The second kappa shape index (κ2) is 7.79. The number of benzene rings is 3. The molecule has 0 aliphatic heterocycles.